The van der Waals surface area contributed by atoms with Crippen LogP contribution in [0.15, 0.2) is 12.3 Å². The molecule has 2 N–H and O–H groups in total. The van der Waals surface area contributed by atoms with Gasteiger partial charge in [-0.2, -0.15) is 0 Å². The minimum absolute atomic E-state index is 0.232. The van der Waals surface area contributed by atoms with Crippen molar-refractivity contribution in [3.63, 3.8) is 0 Å². The number of aromatic nitrogens is 1. The topological polar surface area (TPSA) is 51.4 Å². The Kier molecular flexibility index (Phi) is 3.51. The summed E-state index contributed by atoms with van der Waals surface area (Å²) in [5, 5.41) is 0.521. The molecule has 0 unspecified atom stereocenters. The summed E-state index contributed by atoms with van der Waals surface area (Å²) in [6, 6.07) is 1.68. The molecule has 0 atom stereocenters. The first-order valence-electron chi connectivity index (χ1n) is 5.41. The van der Waals surface area contributed by atoms with Gasteiger partial charge in [-0.15, -0.1) is 0 Å². The zero-order valence-corrected chi connectivity index (χ0v) is 10.1. The lowest BCUT2D eigenvalue weighted by atomic mass is 10.1. The van der Waals surface area contributed by atoms with Gasteiger partial charge in [0, 0.05) is 19.2 Å². The Morgan fingerprint density at radius 1 is 1.50 bits per heavy atom. The summed E-state index contributed by atoms with van der Waals surface area (Å²) in [7, 11) is 2.12. The Morgan fingerprint density at radius 3 is 2.88 bits per heavy atom. The molecule has 0 bridgehead atoms. The number of rotatable bonds is 2. The molecule has 1 aliphatic rings. The first-order valence-corrected chi connectivity index (χ1v) is 5.79. The average molecular weight is 242 g/mol. The molecule has 4 nitrogen and oxygen atoms in total. The Morgan fingerprint density at radius 2 is 2.19 bits per heavy atom. The molecule has 1 aromatic heterocycles. The van der Waals surface area contributed by atoms with E-state index in [2.05, 4.69) is 16.9 Å². The summed E-state index contributed by atoms with van der Waals surface area (Å²) < 4.78 is 5.84. The van der Waals surface area contributed by atoms with Crippen LogP contribution in [0.2, 0.25) is 5.02 Å². The van der Waals surface area contributed by atoms with E-state index in [0.29, 0.717) is 16.6 Å². The van der Waals surface area contributed by atoms with Crippen LogP contribution in [0.4, 0.5) is 5.82 Å². The lowest BCUT2D eigenvalue weighted by Crippen LogP contribution is -2.35. The number of nitrogens with two attached hydrogens (primary N) is 1. The van der Waals surface area contributed by atoms with E-state index in [1.807, 2.05) is 0 Å². The Bertz CT molecular complexity index is 364. The van der Waals surface area contributed by atoms with Crippen molar-refractivity contribution in [1.29, 1.82) is 0 Å². The number of hydrogen-bond donors (Lipinski definition) is 1. The molecule has 88 valence electrons. The average Bonchev–Trinajstić information content (AvgIpc) is 2.27. The third-order valence-electron chi connectivity index (χ3n) is 2.80. The van der Waals surface area contributed by atoms with E-state index in [4.69, 9.17) is 22.1 Å². The number of piperidine rings is 1. The third kappa shape index (κ3) is 2.77. The van der Waals surface area contributed by atoms with Crippen LogP contribution in [0, 0.1) is 0 Å². The molecule has 0 amide bonds. The van der Waals surface area contributed by atoms with Crippen molar-refractivity contribution in [2.75, 3.05) is 25.9 Å². The largest absolute Gasteiger partial charge is 0.489 e. The Hall–Kier alpha value is -1.00. The summed E-state index contributed by atoms with van der Waals surface area (Å²) in [5.41, 5.74) is 5.60. The highest BCUT2D eigenvalue weighted by Crippen LogP contribution is 2.27. The normalized spacial score (nSPS) is 18.6. The van der Waals surface area contributed by atoms with Gasteiger partial charge >= 0.3 is 0 Å². The van der Waals surface area contributed by atoms with E-state index in [1.165, 1.54) is 6.20 Å². The van der Waals surface area contributed by atoms with E-state index < -0.39 is 0 Å². The van der Waals surface area contributed by atoms with E-state index in [9.17, 15) is 0 Å². The molecule has 1 fully saturated rings. The van der Waals surface area contributed by atoms with Crippen molar-refractivity contribution >= 4 is 17.4 Å². The van der Waals surface area contributed by atoms with Crippen molar-refractivity contribution in [2.24, 2.45) is 0 Å². The lowest BCUT2D eigenvalue weighted by molar-refractivity contribution is 0.114. The number of nitrogen functional groups attached to an aromatic ring is 1. The first-order chi connectivity index (χ1) is 7.65. The molecule has 0 radical (unpaired) electrons. The van der Waals surface area contributed by atoms with Gasteiger partial charge in [0.1, 0.15) is 22.7 Å². The summed E-state index contributed by atoms with van der Waals surface area (Å²) in [6.45, 7) is 2.12. The maximum atomic E-state index is 5.99. The summed E-state index contributed by atoms with van der Waals surface area (Å²) >= 11 is 5.99. The molecule has 0 saturated carbocycles. The molecule has 0 spiro atoms. The Balaban J connectivity index is 2.00. The van der Waals surface area contributed by atoms with Gasteiger partial charge in [-0.3, -0.25) is 0 Å². The van der Waals surface area contributed by atoms with Crippen molar-refractivity contribution in [3.05, 3.63) is 17.3 Å². The van der Waals surface area contributed by atoms with Crippen molar-refractivity contribution in [2.45, 2.75) is 18.9 Å². The summed E-state index contributed by atoms with van der Waals surface area (Å²) in [5.74, 6) is 1.08. The van der Waals surface area contributed by atoms with Gasteiger partial charge in [-0.05, 0) is 19.9 Å². The molecular weight excluding hydrogens is 226 g/mol. The highest BCUT2D eigenvalue weighted by Gasteiger charge is 2.19. The molecule has 2 heterocycles. The van der Waals surface area contributed by atoms with E-state index in [-0.39, 0.29) is 6.10 Å². The molecule has 1 saturated heterocycles. The maximum absolute atomic E-state index is 5.99. The number of anilines is 1. The van der Waals surface area contributed by atoms with Crippen LogP contribution >= 0.6 is 11.6 Å². The fourth-order valence-electron chi connectivity index (χ4n) is 1.81. The number of pyridine rings is 1. The second kappa shape index (κ2) is 4.89. The predicted molar refractivity (Wildman–Crippen MR) is 64.8 cm³/mol. The minimum Gasteiger partial charge on any atom is -0.489 e. The van der Waals surface area contributed by atoms with Crippen molar-refractivity contribution < 1.29 is 4.74 Å². The zero-order valence-electron chi connectivity index (χ0n) is 9.32. The van der Waals surface area contributed by atoms with Crippen LogP contribution in [0.25, 0.3) is 0 Å². The molecular formula is C11H16ClN3O. The van der Waals surface area contributed by atoms with Crippen LogP contribution < -0.4 is 10.5 Å². The maximum Gasteiger partial charge on any atom is 0.143 e. The molecule has 0 aliphatic carbocycles. The number of hydrogen-bond acceptors (Lipinski definition) is 4. The second-order valence-electron chi connectivity index (χ2n) is 4.16. The van der Waals surface area contributed by atoms with Gasteiger partial charge in [0.15, 0.2) is 0 Å². The van der Waals surface area contributed by atoms with Gasteiger partial charge in [0.2, 0.25) is 0 Å². The van der Waals surface area contributed by atoms with E-state index in [0.717, 1.165) is 25.9 Å². The fourth-order valence-corrected chi connectivity index (χ4v) is 1.96. The van der Waals surface area contributed by atoms with Gasteiger partial charge in [-0.1, -0.05) is 11.6 Å². The summed E-state index contributed by atoms with van der Waals surface area (Å²) in [6.07, 6.45) is 3.81. The van der Waals surface area contributed by atoms with E-state index >= 15 is 0 Å². The molecule has 1 aromatic rings. The lowest BCUT2D eigenvalue weighted by Gasteiger charge is -2.29. The number of ether oxygens (including phenoxy) is 1. The van der Waals surface area contributed by atoms with Crippen LogP contribution in [0.5, 0.6) is 5.75 Å². The Labute approximate surface area is 100 Å². The van der Waals surface area contributed by atoms with Crippen LogP contribution in [0.3, 0.4) is 0 Å². The minimum atomic E-state index is 0.232. The second-order valence-corrected chi connectivity index (χ2v) is 4.57. The van der Waals surface area contributed by atoms with E-state index in [1.54, 1.807) is 6.07 Å². The fraction of sp³-hybridized carbons (Fsp3) is 0.545. The summed E-state index contributed by atoms with van der Waals surface area (Å²) in [4.78, 5) is 6.20. The number of likely N-dealkylation sites (tertiary alicyclic amines) is 1. The third-order valence-corrected chi connectivity index (χ3v) is 3.08. The smallest absolute Gasteiger partial charge is 0.143 e. The standard InChI is InChI=1S/C11H16ClN3O/c1-15-4-2-8(3-5-15)16-10-6-11(13)14-7-9(10)12/h6-8H,2-5H2,1H3,(H2,13,14). The van der Waals surface area contributed by atoms with Gasteiger partial charge in [0.25, 0.3) is 0 Å². The molecule has 5 heteroatoms. The number of nitrogens with zero attached hydrogens (tertiary/aromatic N) is 2. The van der Waals surface area contributed by atoms with Crippen LogP contribution in [-0.2, 0) is 0 Å². The van der Waals surface area contributed by atoms with Crippen LogP contribution in [-0.4, -0.2) is 36.1 Å². The van der Waals surface area contributed by atoms with Crippen molar-refractivity contribution in [3.8, 4) is 5.75 Å². The van der Waals surface area contributed by atoms with Gasteiger partial charge in [0.05, 0.1) is 6.20 Å². The molecule has 1 aliphatic heterocycles. The van der Waals surface area contributed by atoms with Crippen LogP contribution in [0.1, 0.15) is 12.8 Å². The SMILES string of the molecule is CN1CCC(Oc2cc(N)ncc2Cl)CC1. The first kappa shape index (κ1) is 11.5. The zero-order chi connectivity index (χ0) is 11.5. The van der Waals surface area contributed by atoms with Gasteiger partial charge < -0.3 is 15.4 Å². The quantitative estimate of drug-likeness (QED) is 0.858. The molecule has 0 aromatic carbocycles. The number of halogens is 1. The van der Waals surface area contributed by atoms with Crippen molar-refractivity contribution in [1.82, 2.24) is 9.88 Å². The highest BCUT2D eigenvalue weighted by atomic mass is 35.5. The molecule has 2 rings (SSSR count). The highest BCUT2D eigenvalue weighted by molar-refractivity contribution is 6.31. The van der Waals surface area contributed by atoms with Gasteiger partial charge in [-0.25, -0.2) is 4.98 Å². The predicted octanol–water partition coefficient (Wildman–Crippen LogP) is 1.79. The molecule has 16 heavy (non-hydrogen) atoms. The monoisotopic (exact) mass is 241 g/mol.